The van der Waals surface area contributed by atoms with E-state index in [1.54, 1.807) is 11.4 Å². The summed E-state index contributed by atoms with van der Waals surface area (Å²) in [5.41, 5.74) is 0.734. The highest BCUT2D eigenvalue weighted by Crippen LogP contribution is 2.50. The number of rotatable bonds is 6. The molecule has 0 amide bonds. The first-order chi connectivity index (χ1) is 13.9. The third kappa shape index (κ3) is 3.53. The average molecular weight is 420 g/mol. The van der Waals surface area contributed by atoms with Gasteiger partial charge in [-0.1, -0.05) is 11.2 Å². The number of pyridine rings is 1. The van der Waals surface area contributed by atoms with E-state index in [2.05, 4.69) is 20.0 Å². The molecule has 1 saturated carbocycles. The highest BCUT2D eigenvalue weighted by atomic mass is 32.2. The van der Waals surface area contributed by atoms with Crippen LogP contribution in [0.5, 0.6) is 5.88 Å². The van der Waals surface area contributed by atoms with Gasteiger partial charge >= 0.3 is 0 Å². The predicted molar refractivity (Wildman–Crippen MR) is 104 cm³/mol. The Morgan fingerprint density at radius 1 is 1.24 bits per heavy atom. The van der Waals surface area contributed by atoms with Crippen LogP contribution in [0.1, 0.15) is 42.1 Å². The molecule has 2 aromatic rings. The SMILES string of the molecule is COc1cccc(CN2CC3(C2)CN(S(C)(=O)=O)CC3c2nc(C3CC3)no2)n1. The van der Waals surface area contributed by atoms with Crippen molar-refractivity contribution in [3.05, 3.63) is 35.6 Å². The number of hydrogen-bond donors (Lipinski definition) is 0. The molecule has 1 spiro atoms. The second kappa shape index (κ2) is 6.75. The van der Waals surface area contributed by atoms with Crippen molar-refractivity contribution >= 4 is 10.0 Å². The summed E-state index contributed by atoms with van der Waals surface area (Å²) in [5.74, 6) is 2.28. The van der Waals surface area contributed by atoms with Gasteiger partial charge in [-0.2, -0.15) is 4.98 Å². The van der Waals surface area contributed by atoms with Crippen LogP contribution in [0.25, 0.3) is 0 Å². The van der Waals surface area contributed by atoms with Crippen molar-refractivity contribution in [2.24, 2.45) is 5.41 Å². The summed E-state index contributed by atoms with van der Waals surface area (Å²) in [6, 6.07) is 5.73. The first-order valence-corrected chi connectivity index (χ1v) is 11.7. The minimum atomic E-state index is -3.28. The van der Waals surface area contributed by atoms with Crippen LogP contribution in [-0.2, 0) is 16.6 Å². The molecule has 5 rings (SSSR count). The zero-order valence-electron chi connectivity index (χ0n) is 16.6. The third-order valence-electron chi connectivity index (χ3n) is 6.24. The maximum atomic E-state index is 12.2. The van der Waals surface area contributed by atoms with Gasteiger partial charge in [-0.25, -0.2) is 17.7 Å². The zero-order valence-corrected chi connectivity index (χ0v) is 17.4. The Hall–Kier alpha value is -2.04. The average Bonchev–Trinajstić information content (AvgIpc) is 3.24. The molecule has 0 N–H and O–H groups in total. The summed E-state index contributed by atoms with van der Waals surface area (Å²) < 4.78 is 36.8. The number of ether oxygens (including phenoxy) is 1. The summed E-state index contributed by atoms with van der Waals surface area (Å²) in [4.78, 5) is 11.4. The molecule has 0 radical (unpaired) electrons. The Bertz CT molecular complexity index is 1010. The quantitative estimate of drug-likeness (QED) is 0.689. The minimum Gasteiger partial charge on any atom is -0.481 e. The van der Waals surface area contributed by atoms with Gasteiger partial charge in [0.2, 0.25) is 21.8 Å². The van der Waals surface area contributed by atoms with Crippen LogP contribution in [-0.4, -0.2) is 72.3 Å². The molecule has 1 atom stereocenters. The second-order valence-corrected chi connectivity index (χ2v) is 10.5. The van der Waals surface area contributed by atoms with Crippen molar-refractivity contribution < 1.29 is 17.7 Å². The Morgan fingerprint density at radius 2 is 2.03 bits per heavy atom. The van der Waals surface area contributed by atoms with Gasteiger partial charge < -0.3 is 9.26 Å². The van der Waals surface area contributed by atoms with E-state index in [9.17, 15) is 8.42 Å². The molecule has 2 aliphatic heterocycles. The topological polar surface area (TPSA) is 102 Å². The molecule has 10 heteroatoms. The second-order valence-electron chi connectivity index (χ2n) is 8.55. The molecular weight excluding hydrogens is 394 g/mol. The lowest BCUT2D eigenvalue weighted by Crippen LogP contribution is -2.59. The monoisotopic (exact) mass is 419 g/mol. The van der Waals surface area contributed by atoms with Gasteiger partial charge in [0, 0.05) is 50.1 Å². The van der Waals surface area contributed by atoms with Crippen LogP contribution >= 0.6 is 0 Å². The molecular formula is C19H25N5O4S. The van der Waals surface area contributed by atoms with Gasteiger partial charge in [0.1, 0.15) is 0 Å². The molecule has 2 aromatic heterocycles. The van der Waals surface area contributed by atoms with Crippen molar-refractivity contribution in [1.82, 2.24) is 24.3 Å². The molecule has 156 valence electrons. The number of nitrogens with zero attached hydrogens (tertiary/aromatic N) is 5. The van der Waals surface area contributed by atoms with E-state index in [0.717, 1.165) is 37.4 Å². The molecule has 1 aliphatic carbocycles. The van der Waals surface area contributed by atoms with Gasteiger partial charge in [-0.15, -0.1) is 0 Å². The lowest BCUT2D eigenvalue weighted by atomic mass is 9.71. The van der Waals surface area contributed by atoms with Crippen molar-refractivity contribution in [3.63, 3.8) is 0 Å². The van der Waals surface area contributed by atoms with Crippen molar-refractivity contribution in [2.45, 2.75) is 31.2 Å². The number of sulfonamides is 1. The van der Waals surface area contributed by atoms with Gasteiger partial charge in [-0.3, -0.25) is 4.90 Å². The van der Waals surface area contributed by atoms with Gasteiger partial charge in [0.25, 0.3) is 0 Å². The summed E-state index contributed by atoms with van der Waals surface area (Å²) in [7, 11) is -1.67. The molecule has 1 unspecified atom stereocenters. The van der Waals surface area contributed by atoms with E-state index in [-0.39, 0.29) is 11.3 Å². The van der Waals surface area contributed by atoms with Crippen molar-refractivity contribution in [3.8, 4) is 5.88 Å². The van der Waals surface area contributed by atoms with E-state index >= 15 is 0 Å². The van der Waals surface area contributed by atoms with Crippen LogP contribution in [0, 0.1) is 5.41 Å². The Morgan fingerprint density at radius 3 is 2.72 bits per heavy atom. The van der Waals surface area contributed by atoms with E-state index in [1.165, 1.54) is 6.26 Å². The standard InChI is InChI=1S/C19H25N5O4S/c1-27-16-5-3-4-14(20-16)8-23-10-19(11-23)12-24(29(2,25)26)9-15(19)18-21-17(22-28-18)13-6-7-13/h3-5,13,15H,6-12H2,1-2H3. The summed E-state index contributed by atoms with van der Waals surface area (Å²) >= 11 is 0. The van der Waals surface area contributed by atoms with Gasteiger partial charge in [0.15, 0.2) is 5.82 Å². The molecule has 4 heterocycles. The van der Waals surface area contributed by atoms with Crippen LogP contribution < -0.4 is 4.74 Å². The molecule has 2 saturated heterocycles. The first kappa shape index (κ1) is 19.0. The van der Waals surface area contributed by atoms with E-state index in [0.29, 0.717) is 37.3 Å². The molecule has 9 nitrogen and oxygen atoms in total. The highest BCUT2D eigenvalue weighted by Gasteiger charge is 2.58. The Labute approximate surface area is 170 Å². The largest absolute Gasteiger partial charge is 0.481 e. The summed E-state index contributed by atoms with van der Waals surface area (Å²) in [6.07, 6.45) is 3.47. The molecule has 0 bridgehead atoms. The van der Waals surface area contributed by atoms with Crippen LogP contribution in [0.4, 0.5) is 0 Å². The molecule has 3 aliphatic rings. The van der Waals surface area contributed by atoms with Crippen LogP contribution in [0.3, 0.4) is 0 Å². The molecule has 3 fully saturated rings. The minimum absolute atomic E-state index is 0.0771. The van der Waals surface area contributed by atoms with E-state index in [1.807, 2.05) is 18.2 Å². The smallest absolute Gasteiger partial charge is 0.231 e. The Balaban J connectivity index is 1.35. The summed E-state index contributed by atoms with van der Waals surface area (Å²) in [6.45, 7) is 3.12. The fourth-order valence-corrected chi connectivity index (χ4v) is 5.49. The van der Waals surface area contributed by atoms with Crippen LogP contribution in [0.2, 0.25) is 0 Å². The maximum Gasteiger partial charge on any atom is 0.231 e. The number of aromatic nitrogens is 3. The van der Waals surface area contributed by atoms with Gasteiger partial charge in [-0.05, 0) is 18.9 Å². The Kier molecular flexibility index (Phi) is 4.41. The third-order valence-corrected chi connectivity index (χ3v) is 7.45. The molecule has 29 heavy (non-hydrogen) atoms. The first-order valence-electron chi connectivity index (χ1n) is 9.87. The predicted octanol–water partition coefficient (Wildman–Crippen LogP) is 1.21. The normalized spacial score (nSPS) is 24.7. The van der Waals surface area contributed by atoms with Crippen molar-refractivity contribution in [2.75, 3.05) is 39.5 Å². The molecule has 0 aromatic carbocycles. The fraction of sp³-hybridized carbons (Fsp3) is 0.632. The fourth-order valence-electron chi connectivity index (χ4n) is 4.58. The van der Waals surface area contributed by atoms with Gasteiger partial charge in [0.05, 0.1) is 25.0 Å². The van der Waals surface area contributed by atoms with Crippen LogP contribution in [0.15, 0.2) is 22.7 Å². The van der Waals surface area contributed by atoms with E-state index < -0.39 is 10.0 Å². The highest BCUT2D eigenvalue weighted by molar-refractivity contribution is 7.88. The summed E-state index contributed by atoms with van der Waals surface area (Å²) in [5, 5.41) is 4.15. The number of hydrogen-bond acceptors (Lipinski definition) is 8. The van der Waals surface area contributed by atoms with E-state index in [4.69, 9.17) is 9.26 Å². The van der Waals surface area contributed by atoms with Crippen molar-refractivity contribution in [1.29, 1.82) is 0 Å². The number of methoxy groups -OCH3 is 1. The lowest BCUT2D eigenvalue weighted by Gasteiger charge is -2.50. The lowest BCUT2D eigenvalue weighted by molar-refractivity contribution is -0.0125. The maximum absolute atomic E-state index is 12.2. The number of likely N-dealkylation sites (tertiary alicyclic amines) is 1. The zero-order chi connectivity index (χ0) is 20.2.